The number of aryl methyl sites for hydroxylation is 1. The van der Waals surface area contributed by atoms with E-state index in [0.717, 1.165) is 12.2 Å². The summed E-state index contributed by atoms with van der Waals surface area (Å²) in [5.74, 6) is 1.13. The van der Waals surface area contributed by atoms with Gasteiger partial charge in [0.1, 0.15) is 5.25 Å². The van der Waals surface area contributed by atoms with E-state index in [-0.39, 0.29) is 29.6 Å². The van der Waals surface area contributed by atoms with Crippen molar-refractivity contribution >= 4 is 41.4 Å². The van der Waals surface area contributed by atoms with Crippen LogP contribution in [0.15, 0.2) is 11.4 Å². The van der Waals surface area contributed by atoms with Gasteiger partial charge >= 0.3 is 0 Å². The van der Waals surface area contributed by atoms with E-state index in [0.29, 0.717) is 6.54 Å². The molecule has 0 aliphatic carbocycles. The lowest BCUT2D eigenvalue weighted by molar-refractivity contribution is -0.121. The smallest absolute Gasteiger partial charge is 0.237 e. The van der Waals surface area contributed by atoms with E-state index in [9.17, 15) is 4.79 Å². The summed E-state index contributed by atoms with van der Waals surface area (Å²) in [7, 11) is 0. The number of nitrogens with two attached hydrogens (primary N) is 1. The van der Waals surface area contributed by atoms with Crippen molar-refractivity contribution in [3.8, 4) is 0 Å². The van der Waals surface area contributed by atoms with Crippen molar-refractivity contribution in [2.45, 2.75) is 24.6 Å². The molecule has 3 N–H and O–H groups in total. The van der Waals surface area contributed by atoms with Gasteiger partial charge in [0.15, 0.2) is 0 Å². The number of carbonyl (C=O) groups is 1. The van der Waals surface area contributed by atoms with E-state index in [1.165, 1.54) is 10.4 Å². The van der Waals surface area contributed by atoms with E-state index in [1.54, 1.807) is 23.1 Å². The second-order valence-corrected chi connectivity index (χ2v) is 6.16. The average Bonchev–Trinajstić information content (AvgIpc) is 2.76. The Bertz CT molecular complexity index is 383. The number of thioether (sulfide) groups is 1. The molecule has 2 heterocycles. The summed E-state index contributed by atoms with van der Waals surface area (Å²) in [6, 6.07) is 2.13. The molecule has 0 spiro atoms. The lowest BCUT2D eigenvalue weighted by atomic mass is 10.1. The van der Waals surface area contributed by atoms with E-state index >= 15 is 0 Å². The van der Waals surface area contributed by atoms with Gasteiger partial charge in [0.05, 0.1) is 0 Å². The fraction of sp³-hybridized carbons (Fsp3) is 0.545. The third kappa shape index (κ3) is 3.37. The van der Waals surface area contributed by atoms with Crippen LogP contribution in [0.2, 0.25) is 0 Å². The van der Waals surface area contributed by atoms with Crippen molar-refractivity contribution in [3.63, 3.8) is 0 Å². The minimum atomic E-state index is -0.0380. The van der Waals surface area contributed by atoms with Crippen molar-refractivity contribution in [1.29, 1.82) is 0 Å². The molecule has 0 radical (unpaired) electrons. The van der Waals surface area contributed by atoms with Crippen LogP contribution in [0.1, 0.15) is 22.6 Å². The molecule has 1 amide bonds. The van der Waals surface area contributed by atoms with Crippen LogP contribution in [0.3, 0.4) is 0 Å². The van der Waals surface area contributed by atoms with Gasteiger partial charge in [-0.05, 0) is 36.1 Å². The van der Waals surface area contributed by atoms with Crippen molar-refractivity contribution < 1.29 is 4.79 Å². The van der Waals surface area contributed by atoms with Gasteiger partial charge < -0.3 is 11.1 Å². The zero-order valence-corrected chi connectivity index (χ0v) is 12.1. The van der Waals surface area contributed by atoms with Gasteiger partial charge in [-0.1, -0.05) is 0 Å². The lowest BCUT2D eigenvalue weighted by Gasteiger charge is -2.23. The Labute approximate surface area is 116 Å². The summed E-state index contributed by atoms with van der Waals surface area (Å²) in [5.41, 5.74) is 6.70. The fourth-order valence-corrected chi connectivity index (χ4v) is 4.04. The topological polar surface area (TPSA) is 55.1 Å². The molecule has 2 atom stereocenters. The van der Waals surface area contributed by atoms with Crippen molar-refractivity contribution in [2.75, 3.05) is 12.3 Å². The van der Waals surface area contributed by atoms with Gasteiger partial charge in [0.2, 0.25) is 5.91 Å². The second kappa shape index (κ2) is 6.64. The summed E-state index contributed by atoms with van der Waals surface area (Å²) in [5, 5.41) is 4.98. The molecule has 1 unspecified atom stereocenters. The van der Waals surface area contributed by atoms with Gasteiger partial charge in [-0.25, -0.2) is 0 Å². The molecule has 96 valence electrons. The molecule has 0 fully saturated rings. The third-order valence-corrected chi connectivity index (χ3v) is 4.89. The molecule has 1 aliphatic rings. The zero-order valence-electron chi connectivity index (χ0n) is 9.64. The van der Waals surface area contributed by atoms with E-state index in [1.807, 2.05) is 6.92 Å². The summed E-state index contributed by atoms with van der Waals surface area (Å²) in [6.45, 7) is 2.42. The van der Waals surface area contributed by atoms with Crippen LogP contribution in [0, 0.1) is 0 Å². The van der Waals surface area contributed by atoms with Gasteiger partial charge in [-0.2, -0.15) is 0 Å². The van der Waals surface area contributed by atoms with Crippen LogP contribution in [0.25, 0.3) is 0 Å². The Hall–Kier alpha value is -0.230. The van der Waals surface area contributed by atoms with Crippen LogP contribution in [0.5, 0.6) is 0 Å². The largest absolute Gasteiger partial charge is 0.351 e. The first-order valence-electron chi connectivity index (χ1n) is 5.40. The number of thiophene rings is 1. The number of carbonyl (C=O) groups excluding carboxylic acids is 1. The Morgan fingerprint density at radius 3 is 3.18 bits per heavy atom. The Kier molecular flexibility index (Phi) is 5.79. The summed E-state index contributed by atoms with van der Waals surface area (Å²) < 4.78 is 0. The number of hydrogen-bond acceptors (Lipinski definition) is 4. The Morgan fingerprint density at radius 2 is 2.47 bits per heavy atom. The quantitative estimate of drug-likeness (QED) is 0.895. The van der Waals surface area contributed by atoms with Gasteiger partial charge in [0.25, 0.3) is 0 Å². The summed E-state index contributed by atoms with van der Waals surface area (Å²) in [6.07, 6.45) is 1.09. The maximum absolute atomic E-state index is 12.0. The standard InChI is InChI=1S/C11H16N2OS2.ClH/c1-7(6-12)13-11(14)10-8-2-4-15-9(8)3-5-16-10;/h2,4,7,10H,3,5-6,12H2,1H3,(H,13,14);1H/t7-,10?;/m0./s1. The SMILES string of the molecule is C[C@@H](CN)NC(=O)C1SCCc2sccc21.Cl. The molecule has 2 rings (SSSR count). The predicted molar refractivity (Wildman–Crippen MR) is 77.1 cm³/mol. The maximum atomic E-state index is 12.0. The van der Waals surface area contributed by atoms with Gasteiger partial charge in [-0.3, -0.25) is 4.79 Å². The first-order chi connectivity index (χ1) is 7.72. The van der Waals surface area contributed by atoms with E-state index < -0.39 is 0 Å². The van der Waals surface area contributed by atoms with E-state index in [4.69, 9.17) is 5.73 Å². The Morgan fingerprint density at radius 1 is 1.71 bits per heavy atom. The molecular formula is C11H17ClN2OS2. The molecule has 0 bridgehead atoms. The molecule has 3 nitrogen and oxygen atoms in total. The second-order valence-electron chi connectivity index (χ2n) is 3.95. The van der Waals surface area contributed by atoms with Gasteiger partial charge in [0, 0.05) is 17.5 Å². The van der Waals surface area contributed by atoms with Crippen LogP contribution in [-0.2, 0) is 11.2 Å². The van der Waals surface area contributed by atoms with Crippen molar-refractivity contribution in [2.24, 2.45) is 5.73 Å². The highest BCUT2D eigenvalue weighted by Gasteiger charge is 2.28. The van der Waals surface area contributed by atoms with Crippen LogP contribution >= 0.6 is 35.5 Å². The number of rotatable bonds is 3. The average molecular weight is 293 g/mol. The highest BCUT2D eigenvalue weighted by molar-refractivity contribution is 8.00. The van der Waals surface area contributed by atoms with Crippen LogP contribution in [0.4, 0.5) is 0 Å². The normalized spacial score (nSPS) is 20.0. The highest BCUT2D eigenvalue weighted by atomic mass is 35.5. The predicted octanol–water partition coefficient (Wildman–Crippen LogP) is 1.96. The van der Waals surface area contributed by atoms with Crippen LogP contribution < -0.4 is 11.1 Å². The fourth-order valence-electron chi connectivity index (χ4n) is 1.74. The summed E-state index contributed by atoms with van der Waals surface area (Å²) >= 11 is 3.48. The molecule has 0 saturated carbocycles. The molecule has 1 aromatic rings. The third-order valence-electron chi connectivity index (χ3n) is 2.66. The number of fused-ring (bicyclic) bond motifs is 1. The summed E-state index contributed by atoms with van der Waals surface area (Å²) in [4.78, 5) is 13.4. The molecule has 1 aliphatic heterocycles. The van der Waals surface area contributed by atoms with Gasteiger partial charge in [-0.15, -0.1) is 35.5 Å². The molecule has 6 heteroatoms. The molecule has 17 heavy (non-hydrogen) atoms. The number of amides is 1. The molecule has 0 aromatic carbocycles. The first-order valence-corrected chi connectivity index (χ1v) is 7.33. The maximum Gasteiger partial charge on any atom is 0.237 e. The van der Waals surface area contributed by atoms with Crippen LogP contribution in [-0.4, -0.2) is 24.2 Å². The molecule has 1 aromatic heterocycles. The number of hydrogen-bond donors (Lipinski definition) is 2. The number of halogens is 1. The first kappa shape index (κ1) is 14.8. The molecule has 0 saturated heterocycles. The van der Waals surface area contributed by atoms with E-state index in [2.05, 4.69) is 16.8 Å². The van der Waals surface area contributed by atoms with Crippen molar-refractivity contribution in [1.82, 2.24) is 5.32 Å². The minimum absolute atomic E-state index is 0. The highest BCUT2D eigenvalue weighted by Crippen LogP contribution is 2.39. The van der Waals surface area contributed by atoms with Crippen molar-refractivity contribution in [3.05, 3.63) is 21.9 Å². The minimum Gasteiger partial charge on any atom is -0.351 e. The number of nitrogens with one attached hydrogen (secondary N) is 1. The lowest BCUT2D eigenvalue weighted by Crippen LogP contribution is -2.40. The Balaban J connectivity index is 0.00000144. The zero-order chi connectivity index (χ0) is 11.5. The molecular weight excluding hydrogens is 276 g/mol. The monoisotopic (exact) mass is 292 g/mol.